The Bertz CT molecular complexity index is 1890. The molecular weight excluding hydrogens is 603 g/mol. The first-order chi connectivity index (χ1) is 21.5. The lowest BCUT2D eigenvalue weighted by Gasteiger charge is -2.32. The number of benzene rings is 3. The molecule has 4 aromatic rings. The van der Waals surface area contributed by atoms with Crippen molar-refractivity contribution in [3.05, 3.63) is 83.8 Å². The number of nitrogens with zero attached hydrogens (tertiary/aromatic N) is 2. The third-order valence-corrected chi connectivity index (χ3v) is 9.92. The molecule has 3 atom stereocenters. The fraction of sp³-hybridized carbons (Fsp3) is 0.281. The number of carboxylic acids is 1. The maximum absolute atomic E-state index is 15.8. The summed E-state index contributed by atoms with van der Waals surface area (Å²) < 4.78 is 52.6. The maximum atomic E-state index is 15.8. The van der Waals surface area contributed by atoms with Crippen molar-refractivity contribution >= 4 is 44.0 Å². The highest BCUT2D eigenvalue weighted by Crippen LogP contribution is 2.43. The van der Waals surface area contributed by atoms with Gasteiger partial charge in [-0.15, -0.1) is 0 Å². The Hall–Kier alpha value is -4.91. The zero-order chi connectivity index (χ0) is 32.5. The molecule has 0 radical (unpaired) electrons. The summed E-state index contributed by atoms with van der Waals surface area (Å²) in [5.74, 6) is -3.33. The van der Waals surface area contributed by atoms with Crippen molar-refractivity contribution in [3.8, 4) is 11.5 Å². The zero-order valence-electron chi connectivity index (χ0n) is 24.9. The zero-order valence-corrected chi connectivity index (χ0v) is 25.7. The van der Waals surface area contributed by atoms with E-state index < -0.39 is 45.5 Å². The van der Waals surface area contributed by atoms with E-state index in [4.69, 9.17) is 15.2 Å². The predicted octanol–water partition coefficient (Wildman–Crippen LogP) is 4.59. The van der Waals surface area contributed by atoms with Crippen LogP contribution in [0.4, 0.5) is 15.9 Å². The van der Waals surface area contributed by atoms with Crippen LogP contribution < -0.4 is 20.5 Å². The first kappa shape index (κ1) is 31.5. The van der Waals surface area contributed by atoms with Gasteiger partial charge in [0.2, 0.25) is 5.91 Å². The number of methoxy groups -OCH3 is 2. The van der Waals surface area contributed by atoms with Gasteiger partial charge in [-0.25, -0.2) is 17.8 Å². The summed E-state index contributed by atoms with van der Waals surface area (Å²) in [4.78, 5) is 32.4. The number of ether oxygens (including phenoxy) is 2. The minimum Gasteiger partial charge on any atom is -0.493 e. The third-order valence-electron chi connectivity index (χ3n) is 8.12. The highest BCUT2D eigenvalue weighted by atomic mass is 32.2. The number of pyridine rings is 1. The molecule has 3 aromatic carbocycles. The van der Waals surface area contributed by atoms with Gasteiger partial charge >= 0.3 is 5.97 Å². The molecule has 0 aliphatic carbocycles. The van der Waals surface area contributed by atoms with Crippen LogP contribution in [-0.2, 0) is 19.4 Å². The van der Waals surface area contributed by atoms with Gasteiger partial charge in [0.15, 0.2) is 21.3 Å². The van der Waals surface area contributed by atoms with E-state index >= 15 is 4.39 Å². The Labute approximate surface area is 259 Å². The van der Waals surface area contributed by atoms with Crippen molar-refractivity contribution in [3.63, 3.8) is 0 Å². The number of nitrogens with one attached hydrogen (secondary N) is 1. The molecule has 4 N–H and O–H groups in total. The lowest BCUT2D eigenvalue weighted by Crippen LogP contribution is -2.40. The Kier molecular flexibility index (Phi) is 8.82. The number of hydrogen-bond donors (Lipinski definition) is 3. The van der Waals surface area contributed by atoms with E-state index in [0.29, 0.717) is 16.9 Å². The summed E-state index contributed by atoms with van der Waals surface area (Å²) in [6, 6.07) is 12.9. The van der Waals surface area contributed by atoms with Gasteiger partial charge in [0, 0.05) is 35.4 Å². The number of fused-ring (bicyclic) bond motifs is 1. The van der Waals surface area contributed by atoms with Gasteiger partial charge in [0.05, 0.1) is 36.8 Å². The van der Waals surface area contributed by atoms with Crippen LogP contribution in [0.3, 0.4) is 0 Å². The monoisotopic (exact) mass is 636 g/mol. The van der Waals surface area contributed by atoms with Crippen molar-refractivity contribution in [2.24, 2.45) is 5.92 Å². The standard InChI is InChI=1S/C32H33FN4O7S/c1-4-45(41,42)27-8-6-5-7-21(27)29-22(32(39)40)12-14-37(29)31(38)28(23-16-25(43-2)26(44-3)17-24(23)33)36-19-9-10-20-18(15-19)11-13-35-30(20)34/h5-11,13,15-17,22,28-29,36H,4,12,14H2,1-3H3,(H2,34,35)(H,39,40)/t22-,28+,29-/m0/s1. The van der Waals surface area contributed by atoms with Crippen LogP contribution in [0.2, 0.25) is 0 Å². The largest absolute Gasteiger partial charge is 0.493 e. The van der Waals surface area contributed by atoms with Crippen LogP contribution >= 0.6 is 0 Å². The summed E-state index contributed by atoms with van der Waals surface area (Å²) in [5.41, 5.74) is 6.56. The van der Waals surface area contributed by atoms with Crippen molar-refractivity contribution in [2.75, 3.05) is 37.6 Å². The van der Waals surface area contributed by atoms with Gasteiger partial charge in [-0.1, -0.05) is 25.1 Å². The van der Waals surface area contributed by atoms with Crippen LogP contribution in [-0.4, -0.2) is 61.8 Å². The average molecular weight is 637 g/mol. The number of amides is 1. The van der Waals surface area contributed by atoms with Crippen molar-refractivity contribution in [2.45, 2.75) is 30.3 Å². The van der Waals surface area contributed by atoms with E-state index in [2.05, 4.69) is 10.3 Å². The summed E-state index contributed by atoms with van der Waals surface area (Å²) in [6.45, 7) is 1.49. The molecule has 0 saturated carbocycles. The molecule has 11 nitrogen and oxygen atoms in total. The Morgan fingerprint density at radius 3 is 2.51 bits per heavy atom. The molecule has 1 amide bonds. The van der Waals surface area contributed by atoms with E-state index in [-0.39, 0.29) is 46.2 Å². The van der Waals surface area contributed by atoms with Crippen LogP contribution in [0, 0.1) is 11.7 Å². The van der Waals surface area contributed by atoms with Crippen molar-refractivity contribution < 1.29 is 37.0 Å². The highest BCUT2D eigenvalue weighted by molar-refractivity contribution is 7.91. The second-order valence-corrected chi connectivity index (χ2v) is 12.8. The number of carbonyl (C=O) groups excluding carboxylic acids is 1. The minimum atomic E-state index is -3.79. The average Bonchev–Trinajstić information content (AvgIpc) is 3.49. The van der Waals surface area contributed by atoms with E-state index in [1.165, 1.54) is 44.2 Å². The lowest BCUT2D eigenvalue weighted by molar-refractivity contribution is -0.143. The fourth-order valence-electron chi connectivity index (χ4n) is 5.83. The van der Waals surface area contributed by atoms with Gasteiger partial charge in [-0.3, -0.25) is 9.59 Å². The van der Waals surface area contributed by atoms with Crippen LogP contribution in [0.1, 0.15) is 36.6 Å². The first-order valence-electron chi connectivity index (χ1n) is 14.2. The molecule has 0 bridgehead atoms. The lowest BCUT2D eigenvalue weighted by atomic mass is 9.93. The summed E-state index contributed by atoms with van der Waals surface area (Å²) in [7, 11) is -1.05. The number of anilines is 2. The molecule has 2 heterocycles. The molecule has 1 fully saturated rings. The number of hydrogen-bond acceptors (Lipinski definition) is 9. The molecular formula is C32H33FN4O7S. The molecule has 1 aromatic heterocycles. The number of carboxylic acid groups (broad SMARTS) is 1. The van der Waals surface area contributed by atoms with Gasteiger partial charge in [-0.05, 0) is 53.8 Å². The number of nitrogen functional groups attached to an aromatic ring is 1. The Morgan fingerprint density at radius 1 is 1.11 bits per heavy atom. The van der Waals surface area contributed by atoms with E-state index in [1.54, 1.807) is 42.6 Å². The topological polar surface area (TPSA) is 161 Å². The molecule has 5 rings (SSSR count). The SMILES string of the molecule is CCS(=O)(=O)c1ccccc1[C@H]1[C@@H](C(=O)O)CCN1C(=O)[C@H](Nc1ccc2c(N)nccc2c1)c1cc(OC)c(OC)cc1F. The molecule has 236 valence electrons. The van der Waals surface area contributed by atoms with Crippen LogP contribution in [0.25, 0.3) is 10.8 Å². The number of sulfone groups is 1. The van der Waals surface area contributed by atoms with E-state index in [0.717, 1.165) is 11.5 Å². The normalized spacial score (nSPS) is 17.2. The Morgan fingerprint density at radius 2 is 1.82 bits per heavy atom. The smallest absolute Gasteiger partial charge is 0.309 e. The van der Waals surface area contributed by atoms with Gasteiger partial charge in [0.25, 0.3) is 0 Å². The number of halogens is 1. The van der Waals surface area contributed by atoms with Crippen molar-refractivity contribution in [1.29, 1.82) is 0 Å². The summed E-state index contributed by atoms with van der Waals surface area (Å²) in [6.07, 6.45) is 1.61. The fourth-order valence-corrected chi connectivity index (χ4v) is 6.98. The van der Waals surface area contributed by atoms with Crippen LogP contribution in [0.15, 0.2) is 71.8 Å². The second-order valence-electron chi connectivity index (χ2n) is 10.6. The molecule has 1 saturated heterocycles. The van der Waals surface area contributed by atoms with Crippen LogP contribution in [0.5, 0.6) is 11.5 Å². The van der Waals surface area contributed by atoms with Gasteiger partial charge in [-0.2, -0.15) is 0 Å². The van der Waals surface area contributed by atoms with E-state index in [9.17, 15) is 23.1 Å². The quantitative estimate of drug-likeness (QED) is 0.224. The molecule has 0 unspecified atom stereocenters. The first-order valence-corrected chi connectivity index (χ1v) is 15.8. The number of likely N-dealkylation sites (tertiary alicyclic amines) is 1. The molecule has 45 heavy (non-hydrogen) atoms. The molecule has 13 heteroatoms. The molecule has 1 aliphatic rings. The highest BCUT2D eigenvalue weighted by Gasteiger charge is 2.46. The second kappa shape index (κ2) is 12.6. The summed E-state index contributed by atoms with van der Waals surface area (Å²) in [5, 5.41) is 14.7. The maximum Gasteiger partial charge on any atom is 0.309 e. The number of aliphatic carboxylic acids is 1. The number of nitrogens with two attached hydrogens (primary N) is 1. The third kappa shape index (κ3) is 5.95. The van der Waals surface area contributed by atoms with Gasteiger partial charge in [0.1, 0.15) is 17.7 Å². The molecule has 1 aliphatic heterocycles. The predicted molar refractivity (Wildman–Crippen MR) is 166 cm³/mol. The van der Waals surface area contributed by atoms with Crippen molar-refractivity contribution in [1.82, 2.24) is 9.88 Å². The minimum absolute atomic E-state index is 0.00597. The number of carbonyl (C=O) groups is 2. The van der Waals surface area contributed by atoms with E-state index in [1.807, 2.05) is 0 Å². The molecule has 0 spiro atoms. The van der Waals surface area contributed by atoms with Gasteiger partial charge < -0.3 is 30.5 Å². The number of aromatic nitrogens is 1. The Balaban J connectivity index is 1.66. The number of rotatable bonds is 10. The summed E-state index contributed by atoms with van der Waals surface area (Å²) >= 11 is 0.